The molecule has 728 valence electrons. The molecule has 0 aliphatic heterocycles. The molecule has 0 spiro atoms. The maximum Gasteiger partial charge on any atom is 0.305 e. The van der Waals surface area contributed by atoms with Gasteiger partial charge < -0.3 is 139 Å². The molecule has 0 atom stereocenters. The van der Waals surface area contributed by atoms with Gasteiger partial charge in [0.25, 0.3) is 0 Å². The van der Waals surface area contributed by atoms with Crippen molar-refractivity contribution in [3.8, 4) is 0 Å². The van der Waals surface area contributed by atoms with Gasteiger partial charge in [0, 0.05) is 104 Å². The first kappa shape index (κ1) is 118. The Hall–Kier alpha value is -7.00. The van der Waals surface area contributed by atoms with Crippen LogP contribution in [0.4, 0.5) is 0 Å². The van der Waals surface area contributed by atoms with Crippen molar-refractivity contribution in [1.82, 2.24) is 42.5 Å². The van der Waals surface area contributed by atoms with Crippen molar-refractivity contribution in [2.24, 2.45) is 5.41 Å². The van der Waals surface area contributed by atoms with Gasteiger partial charge in [0.15, 0.2) is 0 Å². The summed E-state index contributed by atoms with van der Waals surface area (Å²) in [5, 5.41) is 57.8. The zero-order chi connectivity index (χ0) is 91.3. The van der Waals surface area contributed by atoms with Crippen LogP contribution in [0, 0.1) is 5.41 Å². The van der Waals surface area contributed by atoms with Gasteiger partial charge in [-0.3, -0.25) is 57.5 Å². The van der Waals surface area contributed by atoms with Crippen LogP contribution in [-0.4, -0.2) is 355 Å². The van der Waals surface area contributed by atoms with Crippen LogP contribution >= 0.6 is 0 Å². The minimum atomic E-state index is -1.03. The smallest absolute Gasteiger partial charge is 0.305 e. The Morgan fingerprint density at radius 2 is 0.296 bits per heavy atom. The van der Waals surface area contributed by atoms with Crippen molar-refractivity contribution < 1.29 is 154 Å². The second-order valence-electron chi connectivity index (χ2n) is 29.5. The van der Waals surface area contributed by atoms with Gasteiger partial charge in [-0.2, -0.15) is 0 Å². The molecule has 0 saturated carbocycles. The van der Waals surface area contributed by atoms with Crippen LogP contribution in [0.15, 0.2) is 0 Å². The largest absolute Gasteiger partial charge is 0.481 e. The Morgan fingerprint density at radius 3 is 0.488 bits per heavy atom. The normalized spacial score (nSPS) is 11.3. The van der Waals surface area contributed by atoms with Crippen molar-refractivity contribution in [2.75, 3.05) is 264 Å². The zero-order valence-electron chi connectivity index (χ0n) is 74.6. The molecule has 0 saturated heterocycles. The van der Waals surface area contributed by atoms with E-state index in [9.17, 15) is 57.5 Å². The third-order valence-corrected chi connectivity index (χ3v) is 18.2. The maximum atomic E-state index is 13.1. The number of carboxylic acids is 4. The Bertz CT molecular complexity index is 2330. The van der Waals surface area contributed by atoms with E-state index in [1.54, 1.807) is 0 Å². The van der Waals surface area contributed by atoms with E-state index in [2.05, 4.69) is 42.5 Å². The number of ether oxygens (including phenoxy) is 16. The fourth-order valence-corrected chi connectivity index (χ4v) is 11.3. The van der Waals surface area contributed by atoms with Gasteiger partial charge in [-0.15, -0.1) is 0 Å². The van der Waals surface area contributed by atoms with E-state index < -0.39 is 29.3 Å². The first-order chi connectivity index (χ1) is 60.8. The van der Waals surface area contributed by atoms with E-state index in [1.807, 2.05) is 0 Å². The van der Waals surface area contributed by atoms with E-state index in [1.165, 1.54) is 0 Å². The third kappa shape index (κ3) is 93.0. The molecule has 0 heterocycles. The molecule has 0 aromatic rings. The molecule has 12 N–H and O–H groups in total. The second kappa shape index (κ2) is 91.7. The number of nitrogens with one attached hydrogen (secondary N) is 8. The molecule has 0 aliphatic rings. The minimum Gasteiger partial charge on any atom is -0.481 e. The van der Waals surface area contributed by atoms with Crippen LogP contribution in [0.5, 0.6) is 0 Å². The van der Waals surface area contributed by atoms with Crippen LogP contribution in [0.2, 0.25) is 0 Å². The zero-order valence-corrected chi connectivity index (χ0v) is 74.6. The molecule has 125 heavy (non-hydrogen) atoms. The van der Waals surface area contributed by atoms with E-state index in [4.69, 9.17) is 96.2 Å². The van der Waals surface area contributed by atoms with Crippen molar-refractivity contribution in [3.05, 3.63) is 0 Å². The first-order valence-electron chi connectivity index (χ1n) is 45.1. The summed E-state index contributed by atoms with van der Waals surface area (Å²) in [5.74, 6) is -4.76. The number of amides is 8. The summed E-state index contributed by atoms with van der Waals surface area (Å²) in [6, 6.07) is 0. The number of carbonyl (C=O) groups excluding carboxylic acids is 8. The van der Waals surface area contributed by atoms with Crippen LogP contribution in [0.1, 0.15) is 205 Å². The molecule has 0 aliphatic carbocycles. The van der Waals surface area contributed by atoms with Gasteiger partial charge in [0.05, 0.1) is 243 Å². The topological polar surface area (TPSA) is 530 Å². The Kier molecular flexibility index (Phi) is 86.6. The summed E-state index contributed by atoms with van der Waals surface area (Å²) >= 11 is 0. The van der Waals surface area contributed by atoms with Crippen molar-refractivity contribution in [1.29, 1.82) is 0 Å². The quantitative estimate of drug-likeness (QED) is 0.0383. The predicted molar refractivity (Wildman–Crippen MR) is 458 cm³/mol. The van der Waals surface area contributed by atoms with Crippen molar-refractivity contribution in [2.45, 2.75) is 205 Å². The van der Waals surface area contributed by atoms with E-state index in [0.717, 1.165) is 128 Å². The molecule has 0 radical (unpaired) electrons. The average molecular weight is 1800 g/mol. The molecule has 40 heteroatoms. The van der Waals surface area contributed by atoms with Gasteiger partial charge in [-0.05, 0) is 51.4 Å². The number of rotatable bonds is 100. The number of aliphatic carboxylic acids is 4. The highest BCUT2D eigenvalue weighted by Crippen LogP contribution is 2.22. The summed E-state index contributed by atoms with van der Waals surface area (Å²) in [5.41, 5.74) is -1.03. The molecule has 0 aromatic heterocycles. The molecule has 8 amide bonds. The standard InChI is InChI=1S/C85H156N8O32/c94-73(90-37-49-114-57-65-118-61-53-110-45-29-81(102)103)21-13-5-1-9-17-33-86-77(98)25-41-122-69-85(70-123-42-26-78(99)87-34-18-10-2-6-14-22-74(95)91-38-50-115-58-66-119-62-54-111-46-30-82(104)105,71-124-43-27-79(100)88-35-19-11-3-7-15-23-75(96)92-39-51-116-59-67-120-63-55-112-47-31-83(106)107)72-125-44-28-80(101)89-36-20-12-4-8-16-24-76(97)93-40-52-117-60-68-121-64-56-113-48-32-84(108)109/h1-72H2,(H,86,98)(H,87,99)(H,88,100)(H,89,101)(H,90,94)(H,91,95)(H,92,96)(H,93,97)(H,102,103)(H,104,105)(H,106,107)(H,108,109). The number of carbonyl (C=O) groups is 12. The van der Waals surface area contributed by atoms with Gasteiger partial charge in [0.1, 0.15) is 0 Å². The third-order valence-electron chi connectivity index (χ3n) is 18.2. The van der Waals surface area contributed by atoms with Crippen molar-refractivity contribution >= 4 is 71.1 Å². The average Bonchev–Trinajstić information content (AvgIpc) is 0.865. The molecular formula is C85H156N8O32. The minimum absolute atomic E-state index is 0.0101. The van der Waals surface area contributed by atoms with E-state index in [0.29, 0.717) is 210 Å². The maximum absolute atomic E-state index is 13.1. The van der Waals surface area contributed by atoms with Crippen molar-refractivity contribution in [3.63, 3.8) is 0 Å². The number of hydrogen-bond donors (Lipinski definition) is 12. The number of unbranched alkanes of at least 4 members (excludes halogenated alkanes) is 16. The lowest BCUT2D eigenvalue weighted by Gasteiger charge is -2.33. The van der Waals surface area contributed by atoms with Gasteiger partial charge in [-0.25, -0.2) is 0 Å². The Morgan fingerprint density at radius 1 is 0.152 bits per heavy atom. The molecule has 0 aromatic carbocycles. The lowest BCUT2D eigenvalue weighted by atomic mass is 9.92. The van der Waals surface area contributed by atoms with Gasteiger partial charge in [-0.1, -0.05) is 77.0 Å². The fraction of sp³-hybridized carbons (Fsp3) is 0.859. The summed E-state index contributed by atoms with van der Waals surface area (Å²) in [7, 11) is 0. The van der Waals surface area contributed by atoms with Crippen LogP contribution in [0.3, 0.4) is 0 Å². The lowest BCUT2D eigenvalue weighted by molar-refractivity contribution is -0.139. The molecule has 0 rings (SSSR count). The van der Waals surface area contributed by atoms with Gasteiger partial charge >= 0.3 is 23.9 Å². The molecule has 0 bridgehead atoms. The molecule has 0 unspecified atom stereocenters. The predicted octanol–water partition coefficient (Wildman–Crippen LogP) is 3.99. The Labute approximate surface area is 739 Å². The van der Waals surface area contributed by atoms with Crippen LogP contribution in [0.25, 0.3) is 0 Å². The summed E-state index contributed by atoms with van der Waals surface area (Å²) in [6.45, 7) is 10.5. The van der Waals surface area contributed by atoms with Gasteiger partial charge in [0.2, 0.25) is 47.3 Å². The second-order valence-corrected chi connectivity index (χ2v) is 29.5. The molecule has 0 fully saturated rings. The first-order valence-corrected chi connectivity index (χ1v) is 45.1. The molecular weight excluding hydrogens is 1640 g/mol. The Balaban J connectivity index is 5.51. The summed E-state index contributed by atoms with van der Waals surface area (Å²) in [4.78, 5) is 144. The molecule has 40 nitrogen and oxygen atoms in total. The van der Waals surface area contributed by atoms with Crippen LogP contribution in [-0.2, 0) is 133 Å². The van der Waals surface area contributed by atoms with E-state index >= 15 is 0 Å². The SMILES string of the molecule is O=C(O)CCOCCOCCOCCNC(=O)CCCCCCCNC(=O)CCOCC(COCCC(=O)NCCCCCCCC(=O)NCCOCCOCCOCCC(=O)O)(COCCC(=O)NCCCCCCCC(=O)NCCOCCOCCOCCC(=O)O)COCCC(=O)NCCCCCCCC(=O)NCCOCCOCCOCCC(=O)O. The number of carboxylic acid groups (broad SMARTS) is 4. The van der Waals surface area contributed by atoms with E-state index in [-0.39, 0.29) is 178 Å². The summed E-state index contributed by atoms with van der Waals surface area (Å²) in [6.07, 6.45) is 17.7. The highest BCUT2D eigenvalue weighted by Gasteiger charge is 2.33. The highest BCUT2D eigenvalue weighted by atomic mass is 16.6. The van der Waals surface area contributed by atoms with Crippen LogP contribution < -0.4 is 42.5 Å². The monoisotopic (exact) mass is 1800 g/mol. The fourth-order valence-electron chi connectivity index (χ4n) is 11.3. The number of hydrogen-bond acceptors (Lipinski definition) is 28. The summed E-state index contributed by atoms with van der Waals surface area (Å²) < 4.78 is 89.0. The lowest BCUT2D eigenvalue weighted by Crippen LogP contribution is -2.43. The highest BCUT2D eigenvalue weighted by molar-refractivity contribution is 5.78.